The second-order valence-corrected chi connectivity index (χ2v) is 6.23. The third-order valence-corrected chi connectivity index (χ3v) is 4.28. The summed E-state index contributed by atoms with van der Waals surface area (Å²) in [5.41, 5.74) is 2.04. The molecule has 1 N–H and O–H groups in total. The summed E-state index contributed by atoms with van der Waals surface area (Å²) in [4.78, 5) is 22.1. The van der Waals surface area contributed by atoms with Gasteiger partial charge in [-0.15, -0.1) is 0 Å². The molecular weight excluding hydrogens is 302 g/mol. The summed E-state index contributed by atoms with van der Waals surface area (Å²) in [7, 11) is 1.84. The van der Waals surface area contributed by atoms with E-state index in [-0.39, 0.29) is 11.8 Å². The van der Waals surface area contributed by atoms with Crippen LogP contribution in [0, 0.1) is 6.92 Å². The van der Waals surface area contributed by atoms with E-state index in [1.807, 2.05) is 57.3 Å². The number of hydrogen-bond acceptors (Lipinski definition) is 3. The predicted molar refractivity (Wildman–Crippen MR) is 93.9 cm³/mol. The smallest absolute Gasteiger partial charge is 0.232 e. The van der Waals surface area contributed by atoms with Gasteiger partial charge in [-0.3, -0.25) is 4.79 Å². The van der Waals surface area contributed by atoms with Crippen LogP contribution in [0.15, 0.2) is 40.8 Å². The zero-order valence-electron chi connectivity index (χ0n) is 14.4. The molecule has 0 fully saturated rings. The first-order chi connectivity index (χ1) is 11.5. The molecule has 0 saturated heterocycles. The number of likely N-dealkylation sites (N-methyl/N-ethyl adjacent to an activating group) is 1. The third-order valence-electron chi connectivity index (χ3n) is 4.28. The van der Waals surface area contributed by atoms with Crippen LogP contribution in [0.2, 0.25) is 0 Å². The maximum Gasteiger partial charge on any atom is 0.232 e. The van der Waals surface area contributed by atoms with Gasteiger partial charge in [-0.05, 0) is 44.5 Å². The van der Waals surface area contributed by atoms with Gasteiger partial charge in [-0.2, -0.15) is 0 Å². The van der Waals surface area contributed by atoms with E-state index in [1.54, 1.807) is 4.90 Å². The lowest BCUT2D eigenvalue weighted by molar-refractivity contribution is -0.131. The Labute approximate surface area is 141 Å². The summed E-state index contributed by atoms with van der Waals surface area (Å²) in [6.07, 6.45) is 1.69. The van der Waals surface area contributed by atoms with Crippen molar-refractivity contribution >= 4 is 16.9 Å². The quantitative estimate of drug-likeness (QED) is 0.752. The van der Waals surface area contributed by atoms with E-state index in [9.17, 15) is 4.79 Å². The molecule has 0 aliphatic rings. The lowest BCUT2D eigenvalue weighted by Gasteiger charge is -2.20. The van der Waals surface area contributed by atoms with Gasteiger partial charge in [-0.25, -0.2) is 4.98 Å². The SMILES string of the molecule is Cc1ccc(C(C)C(=O)N(C)CCCc2nc3ccccc3[nH]2)o1. The molecule has 3 aromatic rings. The number of aromatic nitrogens is 2. The Hall–Kier alpha value is -2.56. The maximum absolute atomic E-state index is 12.5. The molecule has 0 bridgehead atoms. The predicted octanol–water partition coefficient (Wildman–Crippen LogP) is 3.66. The number of aryl methyl sites for hydroxylation is 2. The van der Waals surface area contributed by atoms with Gasteiger partial charge in [0, 0.05) is 20.0 Å². The van der Waals surface area contributed by atoms with Crippen LogP contribution in [0.4, 0.5) is 0 Å². The van der Waals surface area contributed by atoms with Crippen molar-refractivity contribution in [1.82, 2.24) is 14.9 Å². The molecule has 1 unspecified atom stereocenters. The number of hydrogen-bond donors (Lipinski definition) is 1. The minimum Gasteiger partial charge on any atom is -0.466 e. The van der Waals surface area contributed by atoms with Gasteiger partial charge in [0.2, 0.25) is 5.91 Å². The van der Waals surface area contributed by atoms with Gasteiger partial charge < -0.3 is 14.3 Å². The van der Waals surface area contributed by atoms with Crippen LogP contribution in [0.5, 0.6) is 0 Å². The maximum atomic E-state index is 12.5. The van der Waals surface area contributed by atoms with Crippen molar-refractivity contribution in [2.24, 2.45) is 0 Å². The van der Waals surface area contributed by atoms with Crippen LogP contribution >= 0.6 is 0 Å². The van der Waals surface area contributed by atoms with Crippen molar-refractivity contribution in [3.8, 4) is 0 Å². The minimum absolute atomic E-state index is 0.0777. The van der Waals surface area contributed by atoms with Crippen LogP contribution in [0.1, 0.15) is 36.6 Å². The van der Waals surface area contributed by atoms with Crippen molar-refractivity contribution in [1.29, 1.82) is 0 Å². The summed E-state index contributed by atoms with van der Waals surface area (Å²) in [5, 5.41) is 0. The Balaban J connectivity index is 1.53. The number of nitrogens with one attached hydrogen (secondary N) is 1. The van der Waals surface area contributed by atoms with Crippen LogP contribution in [0.3, 0.4) is 0 Å². The summed E-state index contributed by atoms with van der Waals surface area (Å²) in [6, 6.07) is 11.8. The van der Waals surface area contributed by atoms with Crippen LogP contribution in [0.25, 0.3) is 11.0 Å². The average molecular weight is 325 g/mol. The number of amides is 1. The van der Waals surface area contributed by atoms with Crippen molar-refractivity contribution in [3.05, 3.63) is 53.7 Å². The Bertz CT molecular complexity index is 801. The molecule has 1 atom stereocenters. The van der Waals surface area contributed by atoms with E-state index in [1.165, 1.54) is 0 Å². The molecule has 0 aliphatic heterocycles. The van der Waals surface area contributed by atoms with Gasteiger partial charge >= 0.3 is 0 Å². The largest absolute Gasteiger partial charge is 0.466 e. The lowest BCUT2D eigenvalue weighted by Crippen LogP contribution is -2.31. The first-order valence-corrected chi connectivity index (χ1v) is 8.29. The molecular formula is C19H23N3O2. The number of carbonyl (C=O) groups excluding carboxylic acids is 1. The van der Waals surface area contributed by atoms with Crippen molar-refractivity contribution in [3.63, 3.8) is 0 Å². The topological polar surface area (TPSA) is 62.1 Å². The normalized spacial score (nSPS) is 12.5. The fourth-order valence-electron chi connectivity index (χ4n) is 2.86. The Kier molecular flexibility index (Phi) is 4.69. The number of benzene rings is 1. The highest BCUT2D eigenvalue weighted by atomic mass is 16.3. The van der Waals surface area contributed by atoms with E-state index < -0.39 is 0 Å². The Morgan fingerprint density at radius 3 is 2.79 bits per heavy atom. The van der Waals surface area contributed by atoms with Gasteiger partial charge in [0.25, 0.3) is 0 Å². The average Bonchev–Trinajstić information content (AvgIpc) is 3.18. The van der Waals surface area contributed by atoms with Crippen LogP contribution < -0.4 is 0 Å². The van der Waals surface area contributed by atoms with E-state index in [2.05, 4.69) is 9.97 Å². The Morgan fingerprint density at radius 1 is 1.29 bits per heavy atom. The summed E-state index contributed by atoms with van der Waals surface area (Å²) in [5.74, 6) is 2.34. The molecule has 2 aromatic heterocycles. The standard InChI is InChI=1S/C19H23N3O2/c1-13-10-11-17(24-13)14(2)19(23)22(3)12-6-9-18-20-15-7-4-5-8-16(15)21-18/h4-5,7-8,10-11,14H,6,9,12H2,1-3H3,(H,20,21). The molecule has 0 aliphatic carbocycles. The number of carbonyl (C=O) groups is 1. The van der Waals surface area contributed by atoms with E-state index in [0.717, 1.165) is 41.2 Å². The van der Waals surface area contributed by atoms with Crippen molar-refractivity contribution in [2.45, 2.75) is 32.6 Å². The van der Waals surface area contributed by atoms with Gasteiger partial charge in [0.15, 0.2) is 0 Å². The van der Waals surface area contributed by atoms with E-state index in [4.69, 9.17) is 4.42 Å². The van der Waals surface area contributed by atoms with Crippen LogP contribution in [-0.2, 0) is 11.2 Å². The molecule has 1 aromatic carbocycles. The molecule has 0 spiro atoms. The lowest BCUT2D eigenvalue weighted by atomic mass is 10.1. The van der Waals surface area contributed by atoms with E-state index >= 15 is 0 Å². The molecule has 24 heavy (non-hydrogen) atoms. The number of para-hydroxylation sites is 2. The molecule has 5 nitrogen and oxygen atoms in total. The highest BCUT2D eigenvalue weighted by Gasteiger charge is 2.21. The highest BCUT2D eigenvalue weighted by Crippen LogP contribution is 2.20. The minimum atomic E-state index is -0.255. The summed E-state index contributed by atoms with van der Waals surface area (Å²) < 4.78 is 5.56. The fraction of sp³-hybridized carbons (Fsp3) is 0.368. The number of aromatic amines is 1. The Morgan fingerprint density at radius 2 is 2.08 bits per heavy atom. The molecule has 126 valence electrons. The second-order valence-electron chi connectivity index (χ2n) is 6.23. The zero-order chi connectivity index (χ0) is 17.1. The summed E-state index contributed by atoms with van der Waals surface area (Å²) in [6.45, 7) is 4.47. The monoisotopic (exact) mass is 325 g/mol. The number of nitrogens with zero attached hydrogens (tertiary/aromatic N) is 2. The van der Waals surface area contributed by atoms with Crippen LogP contribution in [-0.4, -0.2) is 34.4 Å². The third kappa shape index (κ3) is 3.50. The molecule has 5 heteroatoms. The number of fused-ring (bicyclic) bond motifs is 1. The number of rotatable bonds is 6. The van der Waals surface area contributed by atoms with Crippen molar-refractivity contribution < 1.29 is 9.21 Å². The molecule has 1 amide bonds. The summed E-state index contributed by atoms with van der Waals surface area (Å²) >= 11 is 0. The molecule has 0 saturated carbocycles. The van der Waals surface area contributed by atoms with E-state index in [0.29, 0.717) is 6.54 Å². The molecule has 2 heterocycles. The number of furan rings is 1. The highest BCUT2D eigenvalue weighted by molar-refractivity contribution is 5.82. The first-order valence-electron chi connectivity index (χ1n) is 8.29. The molecule has 0 radical (unpaired) electrons. The van der Waals surface area contributed by atoms with Gasteiger partial charge in [0.1, 0.15) is 17.3 Å². The zero-order valence-corrected chi connectivity index (χ0v) is 14.4. The van der Waals surface area contributed by atoms with Crippen molar-refractivity contribution in [2.75, 3.05) is 13.6 Å². The van der Waals surface area contributed by atoms with Gasteiger partial charge in [0.05, 0.1) is 17.0 Å². The van der Waals surface area contributed by atoms with Gasteiger partial charge in [-0.1, -0.05) is 12.1 Å². The number of imidazole rings is 1. The fourth-order valence-corrected chi connectivity index (χ4v) is 2.86. The second kappa shape index (κ2) is 6.91. The number of H-pyrrole nitrogens is 1. The molecule has 3 rings (SSSR count). The first kappa shape index (κ1) is 16.3.